The third-order valence-electron chi connectivity index (χ3n) is 0.169. The van der Waals surface area contributed by atoms with Gasteiger partial charge >= 0.3 is 0 Å². The summed E-state index contributed by atoms with van der Waals surface area (Å²) in [6.45, 7) is 0. The van der Waals surface area contributed by atoms with E-state index in [4.69, 9.17) is 0 Å². The van der Waals surface area contributed by atoms with E-state index >= 15 is 0 Å². The summed E-state index contributed by atoms with van der Waals surface area (Å²) in [5.41, 5.74) is 0. The summed E-state index contributed by atoms with van der Waals surface area (Å²) in [5, 5.41) is 3.95. The monoisotopic (exact) mass is 296 g/mol. The van der Waals surface area contributed by atoms with Gasteiger partial charge in [-0.15, -0.1) is 0 Å². The quantitative estimate of drug-likeness (QED) is 0.415. The van der Waals surface area contributed by atoms with Gasteiger partial charge in [0.25, 0.3) is 0 Å². The highest BCUT2D eigenvalue weighted by atomic mass is 127. The van der Waals surface area contributed by atoms with E-state index in [2.05, 4.69) is 50.5 Å². The van der Waals surface area contributed by atoms with Crippen LogP contribution in [0.15, 0.2) is 0 Å². The van der Waals surface area contributed by atoms with E-state index in [1.54, 1.807) is 0 Å². The van der Waals surface area contributed by atoms with Gasteiger partial charge in [0, 0.05) is 0 Å². The molecule has 0 saturated carbocycles. The molecule has 0 unspecified atom stereocenters. The third kappa shape index (κ3) is 5.42. The van der Waals surface area contributed by atoms with E-state index in [0.717, 1.165) is 9.10 Å². The number of halogens is 2. The van der Waals surface area contributed by atoms with Gasteiger partial charge in [-0.05, 0) is 0 Å². The standard InChI is InChI=1S/C2H4I2N/c3-1-5-2-4/h1-2H2. The van der Waals surface area contributed by atoms with E-state index in [9.17, 15) is 0 Å². The van der Waals surface area contributed by atoms with Crippen LogP contribution in [0.1, 0.15) is 0 Å². The van der Waals surface area contributed by atoms with Crippen LogP contribution in [0.3, 0.4) is 0 Å². The summed E-state index contributed by atoms with van der Waals surface area (Å²) in [6, 6.07) is 0. The molecule has 0 aromatic heterocycles. The highest BCUT2D eigenvalue weighted by molar-refractivity contribution is 14.1. The van der Waals surface area contributed by atoms with Crippen LogP contribution in [-0.4, -0.2) is 9.10 Å². The predicted molar refractivity (Wildman–Crippen MR) is 39.9 cm³/mol. The van der Waals surface area contributed by atoms with Crippen molar-refractivity contribution < 1.29 is 0 Å². The fraction of sp³-hybridized carbons (Fsp3) is 1.00. The van der Waals surface area contributed by atoms with Crippen LogP contribution in [0.25, 0.3) is 0 Å². The smallest absolute Gasteiger partial charge is 0.0661 e. The molecule has 0 N–H and O–H groups in total. The Morgan fingerprint density at radius 1 is 1.20 bits per heavy atom. The maximum Gasteiger partial charge on any atom is 0.0661 e. The molecule has 0 rings (SSSR count). The van der Waals surface area contributed by atoms with Crippen LogP contribution in [0, 0.1) is 0 Å². The Hall–Kier alpha value is 1.42. The number of nitrogens with zero attached hydrogens (tertiary/aromatic N) is 1. The molecule has 0 atom stereocenters. The van der Waals surface area contributed by atoms with E-state index in [1.807, 2.05) is 0 Å². The number of alkyl halides is 2. The fourth-order valence-corrected chi connectivity index (χ4v) is 1.44. The van der Waals surface area contributed by atoms with Gasteiger partial charge in [0.05, 0.1) is 9.10 Å². The van der Waals surface area contributed by atoms with Gasteiger partial charge in [0.1, 0.15) is 0 Å². The van der Waals surface area contributed by atoms with Crippen molar-refractivity contribution in [3.05, 3.63) is 0 Å². The average Bonchev–Trinajstić information content (AvgIpc) is 1.41. The molecule has 5 heavy (non-hydrogen) atoms. The first-order valence-electron chi connectivity index (χ1n) is 1.17. The zero-order valence-corrected chi connectivity index (χ0v) is 6.93. The maximum atomic E-state index is 3.95. The van der Waals surface area contributed by atoms with Gasteiger partial charge in [-0.3, -0.25) is 0 Å². The summed E-state index contributed by atoms with van der Waals surface area (Å²) in [4.78, 5) is 0. The molecule has 0 bridgehead atoms. The Morgan fingerprint density at radius 2 is 1.60 bits per heavy atom. The summed E-state index contributed by atoms with van der Waals surface area (Å²) >= 11 is 4.43. The molecule has 0 saturated heterocycles. The molecule has 0 aromatic carbocycles. The predicted octanol–water partition coefficient (Wildman–Crippen LogP) is 1.38. The molecule has 0 aromatic rings. The second-order valence-electron chi connectivity index (χ2n) is 0.463. The second-order valence-corrected chi connectivity index (χ2v) is 1.83. The van der Waals surface area contributed by atoms with Crippen LogP contribution in [0.4, 0.5) is 0 Å². The van der Waals surface area contributed by atoms with Gasteiger partial charge in [0.15, 0.2) is 0 Å². The second kappa shape index (κ2) is 5.42. The number of hydrogen-bond donors (Lipinski definition) is 0. The third-order valence-corrected chi connectivity index (χ3v) is 1.13. The van der Waals surface area contributed by atoms with E-state index in [0.29, 0.717) is 0 Å². The number of hydrogen-bond acceptors (Lipinski definition) is 0. The van der Waals surface area contributed by atoms with Gasteiger partial charge in [-0.2, -0.15) is 0 Å². The van der Waals surface area contributed by atoms with E-state index in [-0.39, 0.29) is 0 Å². The van der Waals surface area contributed by atoms with Crippen LogP contribution >= 0.6 is 45.2 Å². The minimum Gasteiger partial charge on any atom is -0.221 e. The summed E-state index contributed by atoms with van der Waals surface area (Å²) in [6.07, 6.45) is 0. The minimum atomic E-state index is 0.931. The molecule has 1 radical (unpaired) electrons. The molecule has 0 aliphatic carbocycles. The summed E-state index contributed by atoms with van der Waals surface area (Å²) in [7, 11) is 0. The fourth-order valence-electron chi connectivity index (χ4n) is 0.0319. The maximum absolute atomic E-state index is 3.95. The SMILES string of the molecule is IC[N]CI. The lowest BCUT2D eigenvalue weighted by molar-refractivity contribution is 0.966. The summed E-state index contributed by atoms with van der Waals surface area (Å²) in [5.74, 6) is 0. The summed E-state index contributed by atoms with van der Waals surface area (Å²) < 4.78 is 1.86. The van der Waals surface area contributed by atoms with Gasteiger partial charge < -0.3 is 0 Å². The largest absolute Gasteiger partial charge is 0.221 e. The normalized spacial score (nSPS) is 8.40. The van der Waals surface area contributed by atoms with Crippen molar-refractivity contribution in [2.75, 3.05) is 9.10 Å². The van der Waals surface area contributed by atoms with Gasteiger partial charge in [-0.25, -0.2) is 5.32 Å². The Kier molecular flexibility index (Phi) is 6.96. The van der Waals surface area contributed by atoms with Crippen LogP contribution in [0.5, 0.6) is 0 Å². The van der Waals surface area contributed by atoms with Gasteiger partial charge in [0.2, 0.25) is 0 Å². The molecule has 0 amide bonds. The highest BCUT2D eigenvalue weighted by Crippen LogP contribution is 1.79. The Bertz CT molecular complexity index is 15.1. The molecule has 0 aliphatic heterocycles. The van der Waals surface area contributed by atoms with Crippen molar-refractivity contribution in [2.24, 2.45) is 0 Å². The highest BCUT2D eigenvalue weighted by Gasteiger charge is 1.69. The molecule has 0 fully saturated rings. The molecule has 0 spiro atoms. The molecule has 1 nitrogen and oxygen atoms in total. The van der Waals surface area contributed by atoms with Crippen molar-refractivity contribution in [1.82, 2.24) is 5.32 Å². The lowest BCUT2D eigenvalue weighted by Crippen LogP contribution is -1.93. The van der Waals surface area contributed by atoms with E-state index in [1.165, 1.54) is 0 Å². The zero-order chi connectivity index (χ0) is 4.12. The molecule has 31 valence electrons. The van der Waals surface area contributed by atoms with Crippen molar-refractivity contribution in [1.29, 1.82) is 0 Å². The first-order valence-corrected chi connectivity index (χ1v) is 4.22. The van der Waals surface area contributed by atoms with Crippen molar-refractivity contribution in [3.8, 4) is 0 Å². The van der Waals surface area contributed by atoms with Crippen molar-refractivity contribution >= 4 is 45.2 Å². The zero-order valence-electron chi connectivity index (χ0n) is 2.62. The molecule has 0 heterocycles. The molecular formula is C2H4I2N. The van der Waals surface area contributed by atoms with Crippen LogP contribution < -0.4 is 5.32 Å². The molecular weight excluding hydrogens is 292 g/mol. The first kappa shape index (κ1) is 6.42. The topological polar surface area (TPSA) is 14.1 Å². The Morgan fingerprint density at radius 3 is 1.60 bits per heavy atom. The minimum absolute atomic E-state index is 0.931. The molecule has 3 heteroatoms. The molecule has 0 aliphatic rings. The Balaban J connectivity index is 2.19. The Labute approximate surface area is 59.2 Å². The van der Waals surface area contributed by atoms with Crippen LogP contribution in [-0.2, 0) is 0 Å². The first-order chi connectivity index (χ1) is 2.41. The lowest BCUT2D eigenvalue weighted by Gasteiger charge is -1.79. The van der Waals surface area contributed by atoms with Gasteiger partial charge in [-0.1, -0.05) is 45.2 Å². The lowest BCUT2D eigenvalue weighted by atomic mass is 11.3. The number of rotatable bonds is 2. The van der Waals surface area contributed by atoms with Crippen molar-refractivity contribution in [3.63, 3.8) is 0 Å². The van der Waals surface area contributed by atoms with E-state index < -0.39 is 0 Å². The van der Waals surface area contributed by atoms with Crippen molar-refractivity contribution in [2.45, 2.75) is 0 Å². The average molecular weight is 296 g/mol. The van der Waals surface area contributed by atoms with Crippen LogP contribution in [0.2, 0.25) is 0 Å².